The van der Waals surface area contributed by atoms with Crippen LogP contribution in [-0.2, 0) is 19.9 Å². The lowest BCUT2D eigenvalue weighted by Crippen LogP contribution is -2.44. The summed E-state index contributed by atoms with van der Waals surface area (Å²) < 4.78 is 45.7. The molecule has 0 heterocycles. The zero-order chi connectivity index (χ0) is 14.0. The van der Waals surface area contributed by atoms with Gasteiger partial charge in [0.2, 0.25) is 0 Å². The highest BCUT2D eigenvalue weighted by molar-refractivity contribution is 7.90. The highest BCUT2D eigenvalue weighted by Crippen LogP contribution is 2.13. The molecule has 0 atom stereocenters. The Kier molecular flexibility index (Phi) is 4.27. The van der Waals surface area contributed by atoms with Crippen LogP contribution in [0.15, 0.2) is 34.1 Å². The van der Waals surface area contributed by atoms with Gasteiger partial charge in [0.25, 0.3) is 10.0 Å². The summed E-state index contributed by atoms with van der Waals surface area (Å²) in [6.07, 6.45) is 1.03. The average molecular weight is 309 g/mol. The SMILES string of the molecule is CS(=O)(=O)c1ccc(S(=O)(=O)NNC(N)=S)cc1. The highest BCUT2D eigenvalue weighted by atomic mass is 32.2. The summed E-state index contributed by atoms with van der Waals surface area (Å²) in [5.74, 6) is 0. The van der Waals surface area contributed by atoms with E-state index < -0.39 is 19.9 Å². The van der Waals surface area contributed by atoms with Crippen molar-refractivity contribution >= 4 is 37.2 Å². The minimum absolute atomic E-state index is 0.0313. The van der Waals surface area contributed by atoms with Crippen molar-refractivity contribution in [1.29, 1.82) is 0 Å². The lowest BCUT2D eigenvalue weighted by atomic mass is 10.4. The fourth-order valence-corrected chi connectivity index (χ4v) is 2.65. The molecule has 0 fully saturated rings. The highest BCUT2D eigenvalue weighted by Gasteiger charge is 2.15. The fraction of sp³-hybridized carbons (Fsp3) is 0.125. The van der Waals surface area contributed by atoms with Gasteiger partial charge in [-0.2, -0.15) is 0 Å². The van der Waals surface area contributed by atoms with E-state index >= 15 is 0 Å². The molecule has 1 aromatic rings. The van der Waals surface area contributed by atoms with Gasteiger partial charge in [0.15, 0.2) is 14.9 Å². The lowest BCUT2D eigenvalue weighted by Gasteiger charge is -2.08. The zero-order valence-electron chi connectivity index (χ0n) is 9.24. The van der Waals surface area contributed by atoms with E-state index in [2.05, 4.69) is 17.6 Å². The quantitative estimate of drug-likeness (QED) is 0.488. The number of hydrogen-bond donors (Lipinski definition) is 3. The number of sulfonamides is 1. The number of thiocarbonyl (C=S) groups is 1. The molecule has 0 unspecified atom stereocenters. The topological polar surface area (TPSA) is 118 Å². The number of benzene rings is 1. The Morgan fingerprint density at radius 1 is 1.11 bits per heavy atom. The Hall–Kier alpha value is -1.23. The summed E-state index contributed by atoms with van der Waals surface area (Å²) in [6, 6.07) is 4.73. The molecule has 4 N–H and O–H groups in total. The van der Waals surface area contributed by atoms with E-state index in [-0.39, 0.29) is 14.9 Å². The number of nitrogens with one attached hydrogen (secondary N) is 2. The first-order valence-electron chi connectivity index (χ1n) is 4.50. The fourth-order valence-electron chi connectivity index (χ4n) is 1.04. The second-order valence-electron chi connectivity index (χ2n) is 3.34. The molecule has 0 saturated heterocycles. The molecule has 0 spiro atoms. The molecule has 0 radical (unpaired) electrons. The maximum atomic E-state index is 11.7. The Labute approximate surface area is 110 Å². The van der Waals surface area contributed by atoms with E-state index in [4.69, 9.17) is 5.73 Å². The van der Waals surface area contributed by atoms with Crippen molar-refractivity contribution in [3.63, 3.8) is 0 Å². The molecular weight excluding hydrogens is 298 g/mol. The van der Waals surface area contributed by atoms with Crippen LogP contribution in [0.2, 0.25) is 0 Å². The monoisotopic (exact) mass is 309 g/mol. The molecule has 0 saturated carbocycles. The third kappa shape index (κ3) is 3.91. The summed E-state index contributed by atoms with van der Waals surface area (Å²) >= 11 is 4.44. The average Bonchev–Trinajstić information content (AvgIpc) is 2.26. The smallest absolute Gasteiger partial charge is 0.257 e. The number of hydrazine groups is 1. The summed E-state index contributed by atoms with van der Waals surface area (Å²) in [5, 5.41) is -0.230. The van der Waals surface area contributed by atoms with E-state index in [0.717, 1.165) is 6.26 Å². The summed E-state index contributed by atoms with van der Waals surface area (Å²) in [7, 11) is -7.20. The standard InChI is InChI=1S/C8H11N3O4S3/c1-17(12,13)6-2-4-7(5-3-6)18(14,15)11-10-8(9)16/h2-5,11H,1H3,(H3,9,10,16). The molecule has 0 amide bonds. The largest absolute Gasteiger partial charge is 0.375 e. The lowest BCUT2D eigenvalue weighted by molar-refractivity contribution is 0.577. The van der Waals surface area contributed by atoms with E-state index in [1.54, 1.807) is 0 Å². The minimum atomic E-state index is -3.84. The third-order valence-corrected chi connectivity index (χ3v) is 4.36. The molecule has 0 aliphatic carbocycles. The zero-order valence-corrected chi connectivity index (χ0v) is 11.7. The van der Waals surface area contributed by atoms with Crippen LogP contribution in [0, 0.1) is 0 Å². The van der Waals surface area contributed by atoms with Gasteiger partial charge in [0.1, 0.15) is 0 Å². The number of hydrogen-bond acceptors (Lipinski definition) is 5. The third-order valence-electron chi connectivity index (χ3n) is 1.87. The van der Waals surface area contributed by atoms with Crippen LogP contribution in [-0.4, -0.2) is 28.2 Å². The van der Waals surface area contributed by atoms with Crippen LogP contribution >= 0.6 is 12.2 Å². The number of rotatable bonds is 4. The number of nitrogens with two attached hydrogens (primary N) is 1. The van der Waals surface area contributed by atoms with Gasteiger partial charge < -0.3 is 5.73 Å². The van der Waals surface area contributed by atoms with Crippen molar-refractivity contribution in [1.82, 2.24) is 10.3 Å². The molecule has 1 rings (SSSR count). The summed E-state index contributed by atoms with van der Waals surface area (Å²) in [4.78, 5) is 1.86. The van der Waals surface area contributed by atoms with Gasteiger partial charge in [-0.15, -0.1) is 4.83 Å². The van der Waals surface area contributed by atoms with Crippen molar-refractivity contribution in [3.05, 3.63) is 24.3 Å². The minimum Gasteiger partial charge on any atom is -0.375 e. The maximum Gasteiger partial charge on any atom is 0.257 e. The normalized spacial score (nSPS) is 12.1. The van der Waals surface area contributed by atoms with Crippen LogP contribution in [0.3, 0.4) is 0 Å². The van der Waals surface area contributed by atoms with Crippen molar-refractivity contribution < 1.29 is 16.8 Å². The van der Waals surface area contributed by atoms with E-state index in [9.17, 15) is 16.8 Å². The van der Waals surface area contributed by atoms with Crippen LogP contribution in [0.4, 0.5) is 0 Å². The molecule has 0 bridgehead atoms. The van der Waals surface area contributed by atoms with Gasteiger partial charge in [0, 0.05) is 6.26 Å². The van der Waals surface area contributed by atoms with Crippen molar-refractivity contribution in [3.8, 4) is 0 Å². The molecule has 1 aromatic carbocycles. The van der Waals surface area contributed by atoms with E-state index in [1.165, 1.54) is 24.3 Å². The van der Waals surface area contributed by atoms with Gasteiger partial charge >= 0.3 is 0 Å². The first kappa shape index (κ1) is 14.8. The predicted molar refractivity (Wildman–Crippen MR) is 69.8 cm³/mol. The Balaban J connectivity index is 3.02. The van der Waals surface area contributed by atoms with Gasteiger partial charge in [-0.05, 0) is 36.5 Å². The van der Waals surface area contributed by atoms with Gasteiger partial charge in [0.05, 0.1) is 9.79 Å². The Morgan fingerprint density at radius 3 is 1.94 bits per heavy atom. The van der Waals surface area contributed by atoms with Crippen molar-refractivity contribution in [2.45, 2.75) is 9.79 Å². The Morgan fingerprint density at radius 2 is 1.56 bits per heavy atom. The van der Waals surface area contributed by atoms with E-state index in [0.29, 0.717) is 0 Å². The van der Waals surface area contributed by atoms with Gasteiger partial charge in [-0.25, -0.2) is 16.8 Å². The van der Waals surface area contributed by atoms with Crippen LogP contribution in [0.1, 0.15) is 0 Å². The molecule has 0 aliphatic heterocycles. The molecule has 0 aromatic heterocycles. The van der Waals surface area contributed by atoms with Crippen molar-refractivity contribution in [2.24, 2.45) is 5.73 Å². The predicted octanol–water partition coefficient (Wildman–Crippen LogP) is -0.883. The van der Waals surface area contributed by atoms with Crippen LogP contribution < -0.4 is 16.0 Å². The number of sulfone groups is 1. The second kappa shape index (κ2) is 5.18. The second-order valence-corrected chi connectivity index (χ2v) is 7.48. The van der Waals surface area contributed by atoms with Crippen LogP contribution in [0.5, 0.6) is 0 Å². The first-order chi connectivity index (χ1) is 8.13. The molecule has 0 aliphatic rings. The van der Waals surface area contributed by atoms with Gasteiger partial charge in [-0.3, -0.25) is 5.43 Å². The van der Waals surface area contributed by atoms with Gasteiger partial charge in [-0.1, -0.05) is 0 Å². The Bertz CT molecular complexity index is 649. The molecular formula is C8H11N3O4S3. The summed E-state index contributed by atoms with van der Waals surface area (Å²) in [5.41, 5.74) is 7.16. The maximum absolute atomic E-state index is 11.7. The van der Waals surface area contributed by atoms with Crippen molar-refractivity contribution in [2.75, 3.05) is 6.26 Å². The summed E-state index contributed by atoms with van der Waals surface area (Å²) in [6.45, 7) is 0. The first-order valence-corrected chi connectivity index (χ1v) is 8.28. The molecule has 10 heteroatoms. The van der Waals surface area contributed by atoms with E-state index in [1.807, 2.05) is 4.83 Å². The molecule has 7 nitrogen and oxygen atoms in total. The molecule has 100 valence electrons. The molecule has 18 heavy (non-hydrogen) atoms. The van der Waals surface area contributed by atoms with Crippen LogP contribution in [0.25, 0.3) is 0 Å².